The molecular weight excluding hydrogens is 524 g/mol. The fraction of sp³-hybridized carbons (Fsp3) is 0.214. The Bertz CT molecular complexity index is 1390. The quantitative estimate of drug-likeness (QED) is 0.417. The maximum absolute atomic E-state index is 12.8. The van der Waals surface area contributed by atoms with E-state index in [1.165, 1.54) is 11.8 Å². The zero-order chi connectivity index (χ0) is 26.6. The highest BCUT2D eigenvalue weighted by Gasteiger charge is 2.39. The van der Waals surface area contributed by atoms with Crippen LogP contribution in [-0.4, -0.2) is 47.2 Å². The maximum Gasteiger partial charge on any atom is 0.262 e. The molecule has 8 nitrogen and oxygen atoms in total. The van der Waals surface area contributed by atoms with Gasteiger partial charge in [-0.2, -0.15) is 10.1 Å². The molecule has 0 bridgehead atoms. The van der Waals surface area contributed by atoms with Crippen LogP contribution < -0.4 is 14.8 Å². The predicted molar refractivity (Wildman–Crippen MR) is 150 cm³/mol. The highest BCUT2D eigenvalue weighted by atomic mass is 35.5. The van der Waals surface area contributed by atoms with Crippen LogP contribution in [0.1, 0.15) is 30.0 Å². The van der Waals surface area contributed by atoms with Crippen LogP contribution in [0.2, 0.25) is 5.02 Å². The summed E-state index contributed by atoms with van der Waals surface area (Å²) in [6.07, 6.45) is 0.614. The molecule has 0 saturated heterocycles. The summed E-state index contributed by atoms with van der Waals surface area (Å²) >= 11 is 7.17. The second kappa shape index (κ2) is 11.3. The number of ether oxygens (including phenoxy) is 2. The summed E-state index contributed by atoms with van der Waals surface area (Å²) in [7, 11) is 3.25. The second-order valence-electron chi connectivity index (χ2n) is 8.71. The highest BCUT2D eigenvalue weighted by molar-refractivity contribution is 8.15. The monoisotopic (exact) mass is 548 g/mol. The lowest BCUT2D eigenvalue weighted by molar-refractivity contribution is -0.121. The van der Waals surface area contributed by atoms with Crippen LogP contribution in [0.4, 0.5) is 5.69 Å². The number of benzene rings is 3. The van der Waals surface area contributed by atoms with Gasteiger partial charge >= 0.3 is 0 Å². The van der Waals surface area contributed by atoms with Crippen molar-refractivity contribution in [2.24, 2.45) is 10.1 Å². The van der Waals surface area contributed by atoms with E-state index in [4.69, 9.17) is 26.2 Å². The molecule has 0 aromatic heterocycles. The molecule has 0 aliphatic carbocycles. The largest absolute Gasteiger partial charge is 0.497 e. The number of amidine groups is 1. The SMILES string of the molecule is COc1ccc(C2=NN(C3=NC(=O)C(CC(=O)Nc4ccc(Cl)cc4)S3)C(c3ccc(OC)cc3)C2)cc1. The van der Waals surface area contributed by atoms with Crippen molar-refractivity contribution < 1.29 is 19.1 Å². The van der Waals surface area contributed by atoms with Gasteiger partial charge in [-0.3, -0.25) is 9.59 Å². The van der Waals surface area contributed by atoms with Crippen LogP contribution in [0.3, 0.4) is 0 Å². The van der Waals surface area contributed by atoms with Gasteiger partial charge in [0.15, 0.2) is 5.17 Å². The lowest BCUT2D eigenvalue weighted by Gasteiger charge is -2.23. The van der Waals surface area contributed by atoms with E-state index in [0.29, 0.717) is 22.3 Å². The fourth-order valence-corrected chi connectivity index (χ4v) is 5.44. The molecule has 2 unspecified atom stereocenters. The lowest BCUT2D eigenvalue weighted by Crippen LogP contribution is -2.25. The number of anilines is 1. The molecule has 2 heterocycles. The van der Waals surface area contributed by atoms with E-state index in [9.17, 15) is 9.59 Å². The first kappa shape index (κ1) is 25.8. The standard InChI is InChI=1S/C28H25ClN4O4S/c1-36-21-11-3-17(4-12-21)23-15-24(18-5-13-22(37-2)14-6-18)33(32-23)28-31-27(35)25(38-28)16-26(34)30-20-9-7-19(29)8-10-20/h3-14,24-25H,15-16H2,1-2H3,(H,30,34). The summed E-state index contributed by atoms with van der Waals surface area (Å²) in [5, 5.41) is 9.90. The lowest BCUT2D eigenvalue weighted by atomic mass is 9.98. The van der Waals surface area contributed by atoms with E-state index >= 15 is 0 Å². The van der Waals surface area contributed by atoms with Gasteiger partial charge in [0, 0.05) is 23.6 Å². The Morgan fingerprint density at radius 1 is 1.00 bits per heavy atom. The van der Waals surface area contributed by atoms with Crippen LogP contribution in [0.5, 0.6) is 11.5 Å². The first-order chi connectivity index (χ1) is 18.4. The smallest absolute Gasteiger partial charge is 0.262 e. The number of hydrogen-bond donors (Lipinski definition) is 1. The number of hydrazone groups is 1. The minimum Gasteiger partial charge on any atom is -0.497 e. The number of amides is 2. The fourth-order valence-electron chi connectivity index (χ4n) is 4.25. The zero-order valence-corrected chi connectivity index (χ0v) is 22.3. The number of aliphatic imine (C=N–C) groups is 1. The van der Waals surface area contributed by atoms with Gasteiger partial charge in [-0.25, -0.2) is 5.01 Å². The van der Waals surface area contributed by atoms with E-state index in [2.05, 4.69) is 10.3 Å². The maximum atomic E-state index is 12.8. The first-order valence-corrected chi connectivity index (χ1v) is 13.2. The van der Waals surface area contributed by atoms with Crippen molar-refractivity contribution in [2.45, 2.75) is 24.1 Å². The topological polar surface area (TPSA) is 92.6 Å². The van der Waals surface area contributed by atoms with E-state index in [1.54, 1.807) is 43.5 Å². The molecule has 0 fully saturated rings. The molecule has 0 radical (unpaired) electrons. The minimum atomic E-state index is -0.631. The summed E-state index contributed by atoms with van der Waals surface area (Å²) in [6, 6.07) is 22.1. The molecule has 0 saturated carbocycles. The van der Waals surface area contributed by atoms with E-state index in [-0.39, 0.29) is 24.3 Å². The number of rotatable bonds is 7. The number of carbonyl (C=O) groups excluding carboxylic acids is 2. The summed E-state index contributed by atoms with van der Waals surface area (Å²) in [4.78, 5) is 29.8. The third-order valence-corrected chi connectivity index (χ3v) is 7.65. The molecule has 10 heteroatoms. The van der Waals surface area contributed by atoms with Crippen molar-refractivity contribution in [1.29, 1.82) is 0 Å². The third-order valence-electron chi connectivity index (χ3n) is 6.26. The highest BCUT2D eigenvalue weighted by Crippen LogP contribution is 2.39. The van der Waals surface area contributed by atoms with E-state index in [0.717, 1.165) is 28.3 Å². The Balaban J connectivity index is 1.35. The first-order valence-electron chi connectivity index (χ1n) is 11.9. The van der Waals surface area contributed by atoms with Crippen LogP contribution in [-0.2, 0) is 9.59 Å². The van der Waals surface area contributed by atoms with Gasteiger partial charge in [-0.05, 0) is 71.8 Å². The summed E-state index contributed by atoms with van der Waals surface area (Å²) < 4.78 is 10.6. The molecule has 1 N–H and O–H groups in total. The molecular formula is C28H25ClN4O4S. The van der Waals surface area contributed by atoms with Crippen molar-refractivity contribution in [3.8, 4) is 11.5 Å². The summed E-state index contributed by atoms with van der Waals surface area (Å²) in [5.74, 6) is 0.893. The Morgan fingerprint density at radius 2 is 1.63 bits per heavy atom. The van der Waals surface area contributed by atoms with Gasteiger partial charge in [0.25, 0.3) is 5.91 Å². The molecule has 3 aromatic rings. The van der Waals surface area contributed by atoms with Crippen molar-refractivity contribution in [3.05, 3.63) is 88.9 Å². The molecule has 3 aromatic carbocycles. The van der Waals surface area contributed by atoms with Crippen LogP contribution >= 0.6 is 23.4 Å². The summed E-state index contributed by atoms with van der Waals surface area (Å²) in [5.41, 5.74) is 3.45. The van der Waals surface area contributed by atoms with E-state index < -0.39 is 5.25 Å². The van der Waals surface area contributed by atoms with Crippen molar-refractivity contribution in [3.63, 3.8) is 0 Å². The van der Waals surface area contributed by atoms with Crippen molar-refractivity contribution >= 4 is 51.7 Å². The van der Waals surface area contributed by atoms with Crippen LogP contribution in [0, 0.1) is 0 Å². The molecule has 0 spiro atoms. The van der Waals surface area contributed by atoms with E-state index in [1.807, 2.05) is 48.5 Å². The van der Waals surface area contributed by atoms with Gasteiger partial charge in [0.05, 0.1) is 26.0 Å². The van der Waals surface area contributed by atoms with Gasteiger partial charge < -0.3 is 14.8 Å². The van der Waals surface area contributed by atoms with Crippen molar-refractivity contribution in [1.82, 2.24) is 5.01 Å². The average Bonchev–Trinajstić information content (AvgIpc) is 3.54. The van der Waals surface area contributed by atoms with Gasteiger partial charge in [0.2, 0.25) is 5.91 Å². The van der Waals surface area contributed by atoms with Gasteiger partial charge in [-0.15, -0.1) is 0 Å². The number of carbonyl (C=O) groups is 2. The number of methoxy groups -OCH3 is 2. The number of nitrogens with zero attached hydrogens (tertiary/aromatic N) is 3. The molecule has 194 valence electrons. The molecule has 2 amide bonds. The molecule has 5 rings (SSSR count). The summed E-state index contributed by atoms with van der Waals surface area (Å²) in [6.45, 7) is 0. The predicted octanol–water partition coefficient (Wildman–Crippen LogP) is 5.54. The zero-order valence-electron chi connectivity index (χ0n) is 20.8. The molecule has 2 aliphatic heterocycles. The van der Waals surface area contributed by atoms with Crippen LogP contribution in [0.15, 0.2) is 82.9 Å². The Hall–Kier alpha value is -3.82. The van der Waals surface area contributed by atoms with Crippen LogP contribution in [0.25, 0.3) is 0 Å². The molecule has 38 heavy (non-hydrogen) atoms. The Labute approximate surface area is 229 Å². The van der Waals surface area contributed by atoms with Gasteiger partial charge in [0.1, 0.15) is 16.7 Å². The Morgan fingerprint density at radius 3 is 2.26 bits per heavy atom. The number of halogens is 1. The Kier molecular flexibility index (Phi) is 7.67. The van der Waals surface area contributed by atoms with Crippen molar-refractivity contribution in [2.75, 3.05) is 19.5 Å². The molecule has 2 atom stereocenters. The number of thioether (sulfide) groups is 1. The normalized spacial score (nSPS) is 18.7. The molecule has 2 aliphatic rings. The second-order valence-corrected chi connectivity index (χ2v) is 10.3. The van der Waals surface area contributed by atoms with Gasteiger partial charge in [-0.1, -0.05) is 35.5 Å². The average molecular weight is 549 g/mol. The minimum absolute atomic E-state index is 0.00474. The number of nitrogens with one attached hydrogen (secondary N) is 1. The number of hydrogen-bond acceptors (Lipinski definition) is 7. The third kappa shape index (κ3) is 5.69.